The quantitative estimate of drug-likeness (QED) is 0.940. The van der Waals surface area contributed by atoms with Gasteiger partial charge < -0.3 is 10.5 Å². The van der Waals surface area contributed by atoms with Gasteiger partial charge in [-0.2, -0.15) is 0 Å². The number of nitrogens with zero attached hydrogens (tertiary/aromatic N) is 2. The van der Waals surface area contributed by atoms with Crippen molar-refractivity contribution in [3.63, 3.8) is 0 Å². The van der Waals surface area contributed by atoms with E-state index in [1.165, 1.54) is 5.39 Å². The van der Waals surface area contributed by atoms with Gasteiger partial charge in [0.25, 0.3) is 0 Å². The minimum atomic E-state index is -0.113. The first-order chi connectivity index (χ1) is 10.2. The van der Waals surface area contributed by atoms with Crippen LogP contribution in [0.2, 0.25) is 0 Å². The normalized spacial score (nSPS) is 21.8. The van der Waals surface area contributed by atoms with E-state index in [-0.39, 0.29) is 12.1 Å². The van der Waals surface area contributed by atoms with Crippen LogP contribution in [0.1, 0.15) is 25.5 Å². The number of rotatable bonds is 3. The van der Waals surface area contributed by atoms with Gasteiger partial charge in [0.15, 0.2) is 0 Å². The lowest BCUT2D eigenvalue weighted by atomic mass is 9.96. The molecule has 2 unspecified atom stereocenters. The van der Waals surface area contributed by atoms with Crippen molar-refractivity contribution >= 4 is 10.8 Å². The van der Waals surface area contributed by atoms with E-state index in [9.17, 15) is 0 Å². The molecule has 1 aromatic carbocycles. The number of morpholine rings is 1. The largest absolute Gasteiger partial charge is 0.374 e. The summed E-state index contributed by atoms with van der Waals surface area (Å²) in [6, 6.07) is 8.67. The Morgan fingerprint density at radius 3 is 3.00 bits per heavy atom. The highest BCUT2D eigenvalue weighted by molar-refractivity contribution is 5.85. The Hall–Kier alpha value is -1.49. The fraction of sp³-hybridized carbons (Fsp3) is 0.471. The molecule has 1 aliphatic heterocycles. The molecular weight excluding hydrogens is 262 g/mol. The zero-order valence-corrected chi connectivity index (χ0v) is 12.7. The van der Waals surface area contributed by atoms with Crippen LogP contribution in [0.3, 0.4) is 0 Å². The van der Waals surface area contributed by atoms with E-state index in [1.807, 2.05) is 24.5 Å². The van der Waals surface area contributed by atoms with Crippen LogP contribution in [-0.2, 0) is 4.74 Å². The molecule has 3 rings (SSSR count). The van der Waals surface area contributed by atoms with Crippen molar-refractivity contribution in [2.45, 2.75) is 32.0 Å². The second-order valence-electron chi connectivity index (χ2n) is 5.97. The summed E-state index contributed by atoms with van der Waals surface area (Å²) in [5.74, 6) is 0. The van der Waals surface area contributed by atoms with Crippen molar-refractivity contribution in [1.82, 2.24) is 9.88 Å². The molecular formula is C17H23N3O. The molecule has 1 fully saturated rings. The monoisotopic (exact) mass is 285 g/mol. The van der Waals surface area contributed by atoms with Crippen LogP contribution in [0.25, 0.3) is 10.8 Å². The molecule has 4 heteroatoms. The Balaban J connectivity index is 1.88. The maximum absolute atomic E-state index is 6.53. The van der Waals surface area contributed by atoms with Gasteiger partial charge in [-0.25, -0.2) is 0 Å². The van der Waals surface area contributed by atoms with E-state index in [4.69, 9.17) is 10.5 Å². The minimum Gasteiger partial charge on any atom is -0.374 e. The van der Waals surface area contributed by atoms with E-state index < -0.39 is 0 Å². The van der Waals surface area contributed by atoms with Crippen LogP contribution in [-0.4, -0.2) is 41.7 Å². The number of pyridine rings is 1. The summed E-state index contributed by atoms with van der Waals surface area (Å²) < 4.78 is 5.94. The molecule has 1 aliphatic rings. The van der Waals surface area contributed by atoms with Gasteiger partial charge in [0, 0.05) is 36.9 Å². The lowest BCUT2D eigenvalue weighted by molar-refractivity contribution is -0.0500. The van der Waals surface area contributed by atoms with Crippen molar-refractivity contribution in [3.05, 3.63) is 42.2 Å². The van der Waals surface area contributed by atoms with Crippen LogP contribution in [0.5, 0.6) is 0 Å². The molecule has 2 heterocycles. The molecule has 0 amide bonds. The average molecular weight is 285 g/mol. The summed E-state index contributed by atoms with van der Waals surface area (Å²) in [5.41, 5.74) is 7.67. The van der Waals surface area contributed by atoms with Crippen molar-refractivity contribution in [2.75, 3.05) is 19.7 Å². The summed E-state index contributed by atoms with van der Waals surface area (Å²) in [5, 5.41) is 2.30. The molecule has 0 spiro atoms. The lowest BCUT2D eigenvalue weighted by Crippen LogP contribution is -2.49. The second-order valence-corrected chi connectivity index (χ2v) is 5.97. The van der Waals surface area contributed by atoms with Crippen LogP contribution in [0, 0.1) is 0 Å². The Morgan fingerprint density at radius 1 is 1.33 bits per heavy atom. The van der Waals surface area contributed by atoms with E-state index in [1.54, 1.807) is 0 Å². The molecule has 2 N–H and O–H groups in total. The highest BCUT2D eigenvalue weighted by atomic mass is 16.5. The van der Waals surface area contributed by atoms with Gasteiger partial charge in [-0.05, 0) is 30.9 Å². The summed E-state index contributed by atoms with van der Waals surface area (Å²) >= 11 is 0. The van der Waals surface area contributed by atoms with Crippen molar-refractivity contribution in [1.29, 1.82) is 0 Å². The van der Waals surface area contributed by atoms with Crippen LogP contribution in [0.4, 0.5) is 0 Å². The van der Waals surface area contributed by atoms with E-state index in [0.29, 0.717) is 6.04 Å². The number of fused-ring (bicyclic) bond motifs is 1. The third kappa shape index (κ3) is 2.93. The number of benzene rings is 1. The summed E-state index contributed by atoms with van der Waals surface area (Å²) in [7, 11) is 0. The molecule has 1 aromatic heterocycles. The molecule has 0 aliphatic carbocycles. The Labute approximate surface area is 125 Å². The molecule has 1 saturated heterocycles. The molecule has 2 aromatic rings. The maximum Gasteiger partial charge on any atom is 0.0895 e. The van der Waals surface area contributed by atoms with E-state index >= 15 is 0 Å². The number of aromatic nitrogens is 1. The average Bonchev–Trinajstić information content (AvgIpc) is 2.53. The van der Waals surface area contributed by atoms with E-state index in [0.717, 1.165) is 30.6 Å². The number of hydrogen-bond donors (Lipinski definition) is 1. The van der Waals surface area contributed by atoms with E-state index in [2.05, 4.69) is 35.9 Å². The first kappa shape index (κ1) is 14.4. The lowest BCUT2D eigenvalue weighted by Gasteiger charge is -2.38. The summed E-state index contributed by atoms with van der Waals surface area (Å²) in [6.45, 7) is 7.07. The highest BCUT2D eigenvalue weighted by Crippen LogP contribution is 2.27. The minimum absolute atomic E-state index is 0.0416. The van der Waals surface area contributed by atoms with Gasteiger partial charge in [0.2, 0.25) is 0 Å². The molecule has 0 bridgehead atoms. The van der Waals surface area contributed by atoms with Gasteiger partial charge in [0.1, 0.15) is 0 Å². The van der Waals surface area contributed by atoms with Gasteiger partial charge >= 0.3 is 0 Å². The van der Waals surface area contributed by atoms with Crippen molar-refractivity contribution in [3.8, 4) is 0 Å². The Morgan fingerprint density at radius 2 is 2.19 bits per heavy atom. The van der Waals surface area contributed by atoms with Crippen molar-refractivity contribution in [2.24, 2.45) is 5.73 Å². The molecule has 21 heavy (non-hydrogen) atoms. The second kappa shape index (κ2) is 6.10. The SMILES string of the molecule is CC(C)N1CCOC(C(N)c2cccc3cnccc23)C1. The number of nitrogens with two attached hydrogens (primary N) is 1. The topological polar surface area (TPSA) is 51.4 Å². The van der Waals surface area contributed by atoms with Crippen LogP contribution >= 0.6 is 0 Å². The molecule has 112 valence electrons. The van der Waals surface area contributed by atoms with Crippen LogP contribution < -0.4 is 5.73 Å². The summed E-state index contributed by atoms with van der Waals surface area (Å²) in [6.07, 6.45) is 3.74. The van der Waals surface area contributed by atoms with Gasteiger partial charge in [-0.1, -0.05) is 18.2 Å². The maximum atomic E-state index is 6.53. The smallest absolute Gasteiger partial charge is 0.0895 e. The standard InChI is InChI=1S/C17H23N3O/c1-12(2)20-8-9-21-16(11-20)17(18)15-5-3-4-13-10-19-7-6-14(13)15/h3-7,10,12,16-17H,8-9,11,18H2,1-2H3. The van der Waals surface area contributed by atoms with Gasteiger partial charge in [-0.3, -0.25) is 9.88 Å². The fourth-order valence-electron chi connectivity index (χ4n) is 3.02. The zero-order valence-electron chi connectivity index (χ0n) is 12.7. The summed E-state index contributed by atoms with van der Waals surface area (Å²) in [4.78, 5) is 6.61. The predicted molar refractivity (Wildman–Crippen MR) is 85.1 cm³/mol. The molecule has 4 nitrogen and oxygen atoms in total. The van der Waals surface area contributed by atoms with Crippen molar-refractivity contribution < 1.29 is 4.74 Å². The third-order valence-corrected chi connectivity index (χ3v) is 4.33. The Bertz CT molecular complexity index is 609. The van der Waals surface area contributed by atoms with Crippen LogP contribution in [0.15, 0.2) is 36.7 Å². The fourth-order valence-corrected chi connectivity index (χ4v) is 3.02. The molecule has 2 atom stereocenters. The van der Waals surface area contributed by atoms with Gasteiger partial charge in [-0.15, -0.1) is 0 Å². The Kier molecular flexibility index (Phi) is 4.19. The third-order valence-electron chi connectivity index (χ3n) is 4.33. The molecule has 0 radical (unpaired) electrons. The highest BCUT2D eigenvalue weighted by Gasteiger charge is 2.28. The predicted octanol–water partition coefficient (Wildman–Crippen LogP) is 2.34. The zero-order chi connectivity index (χ0) is 14.8. The van der Waals surface area contributed by atoms with Gasteiger partial charge in [0.05, 0.1) is 18.8 Å². The first-order valence-corrected chi connectivity index (χ1v) is 7.60. The first-order valence-electron chi connectivity index (χ1n) is 7.60. The molecule has 0 saturated carbocycles. The number of ether oxygens (including phenoxy) is 1. The number of hydrogen-bond acceptors (Lipinski definition) is 4.